The van der Waals surface area contributed by atoms with E-state index in [1.165, 1.54) is 5.56 Å². The molecule has 7 heteroatoms. The Morgan fingerprint density at radius 2 is 1.96 bits per heavy atom. The molecule has 3 rings (SSSR count). The molecular formula is C21H29BrN4O2. The number of guanidine groups is 1. The summed E-state index contributed by atoms with van der Waals surface area (Å²) in [6, 6.07) is 12.6. The highest BCUT2D eigenvalue weighted by atomic mass is 79.9. The topological polar surface area (TPSA) is 62.0 Å². The second-order valence-corrected chi connectivity index (χ2v) is 7.84. The lowest BCUT2D eigenvalue weighted by atomic mass is 10.2. The highest BCUT2D eigenvalue weighted by Gasteiger charge is 2.17. The van der Waals surface area contributed by atoms with Gasteiger partial charge in [-0.15, -0.1) is 0 Å². The number of nitrogens with one attached hydrogen (secondary N) is 2. The van der Waals surface area contributed by atoms with Crippen LogP contribution in [0.1, 0.15) is 18.2 Å². The summed E-state index contributed by atoms with van der Waals surface area (Å²) >= 11 is 3.47. The normalized spacial score (nSPS) is 16.7. The second-order valence-electron chi connectivity index (χ2n) is 6.93. The molecule has 2 aromatic rings. The summed E-state index contributed by atoms with van der Waals surface area (Å²) in [7, 11) is 0. The van der Waals surface area contributed by atoms with Crippen LogP contribution in [0.3, 0.4) is 0 Å². The van der Waals surface area contributed by atoms with Crippen LogP contribution in [0, 0.1) is 0 Å². The molecule has 0 aliphatic carbocycles. The predicted octanol–water partition coefficient (Wildman–Crippen LogP) is 3.04. The predicted molar refractivity (Wildman–Crippen MR) is 116 cm³/mol. The number of nitrogens with zero attached hydrogens (tertiary/aromatic N) is 2. The van der Waals surface area contributed by atoms with Crippen molar-refractivity contribution < 1.29 is 9.15 Å². The van der Waals surface area contributed by atoms with E-state index in [4.69, 9.17) is 14.1 Å². The van der Waals surface area contributed by atoms with Crippen molar-refractivity contribution >= 4 is 21.9 Å². The number of halogens is 1. The van der Waals surface area contributed by atoms with Gasteiger partial charge in [0, 0.05) is 43.1 Å². The lowest BCUT2D eigenvalue weighted by Crippen LogP contribution is -2.49. The minimum absolute atomic E-state index is 0.425. The van der Waals surface area contributed by atoms with Crippen LogP contribution in [0.2, 0.25) is 0 Å². The second kappa shape index (κ2) is 11.2. The molecule has 1 atom stereocenters. The molecule has 0 saturated carbocycles. The molecule has 0 amide bonds. The molecule has 1 saturated heterocycles. The average Bonchev–Trinajstić information content (AvgIpc) is 3.25. The number of aliphatic imine (C=N–C) groups is 1. The van der Waals surface area contributed by atoms with Crippen molar-refractivity contribution in [3.05, 3.63) is 58.5 Å². The van der Waals surface area contributed by atoms with E-state index in [9.17, 15) is 0 Å². The van der Waals surface area contributed by atoms with Crippen LogP contribution in [0.4, 0.5) is 0 Å². The van der Waals surface area contributed by atoms with E-state index in [0.29, 0.717) is 12.6 Å². The van der Waals surface area contributed by atoms with Gasteiger partial charge in [0.1, 0.15) is 5.76 Å². The standard InChI is InChI=1S/C21H29BrN4O2/c1-17(26-10-13-27-14-11-26)15-24-21(23-9-8-20-3-2-12-28-20)25-16-18-4-6-19(22)7-5-18/h2-7,12,17H,8-11,13-16H2,1H3,(H2,23,24,25). The van der Waals surface area contributed by atoms with Gasteiger partial charge in [-0.05, 0) is 36.8 Å². The van der Waals surface area contributed by atoms with Crippen LogP contribution in [-0.2, 0) is 17.7 Å². The molecule has 1 aliphatic rings. The molecule has 0 bridgehead atoms. The molecule has 1 fully saturated rings. The zero-order chi connectivity index (χ0) is 19.6. The Morgan fingerprint density at radius 1 is 1.18 bits per heavy atom. The van der Waals surface area contributed by atoms with E-state index >= 15 is 0 Å². The fourth-order valence-electron chi connectivity index (χ4n) is 3.09. The molecule has 2 heterocycles. The van der Waals surface area contributed by atoms with Gasteiger partial charge in [0.2, 0.25) is 0 Å². The van der Waals surface area contributed by atoms with Gasteiger partial charge in [-0.2, -0.15) is 0 Å². The number of furan rings is 1. The first kappa shape index (κ1) is 20.9. The van der Waals surface area contributed by atoms with E-state index in [0.717, 1.165) is 62.0 Å². The summed E-state index contributed by atoms with van der Waals surface area (Å²) in [5.74, 6) is 1.80. The monoisotopic (exact) mass is 448 g/mol. The summed E-state index contributed by atoms with van der Waals surface area (Å²) in [5.41, 5.74) is 1.18. The van der Waals surface area contributed by atoms with Crippen molar-refractivity contribution in [2.45, 2.75) is 25.9 Å². The van der Waals surface area contributed by atoms with Gasteiger partial charge in [0.05, 0.1) is 26.0 Å². The van der Waals surface area contributed by atoms with Crippen LogP contribution in [0.15, 0.2) is 56.5 Å². The lowest BCUT2D eigenvalue weighted by Gasteiger charge is -2.32. The first-order valence-corrected chi connectivity index (χ1v) is 10.6. The largest absolute Gasteiger partial charge is 0.469 e. The fourth-order valence-corrected chi connectivity index (χ4v) is 3.35. The maximum absolute atomic E-state index is 5.45. The molecule has 28 heavy (non-hydrogen) atoms. The van der Waals surface area contributed by atoms with Crippen LogP contribution in [0.25, 0.3) is 0 Å². The van der Waals surface area contributed by atoms with Crippen molar-refractivity contribution in [2.75, 3.05) is 39.4 Å². The zero-order valence-corrected chi connectivity index (χ0v) is 18.0. The van der Waals surface area contributed by atoms with Crippen molar-refractivity contribution in [1.82, 2.24) is 15.5 Å². The number of hydrogen-bond acceptors (Lipinski definition) is 4. The molecular weight excluding hydrogens is 420 g/mol. The van der Waals surface area contributed by atoms with E-state index in [-0.39, 0.29) is 0 Å². The highest BCUT2D eigenvalue weighted by Crippen LogP contribution is 2.11. The molecule has 6 nitrogen and oxygen atoms in total. The minimum atomic E-state index is 0.425. The molecule has 0 radical (unpaired) electrons. The first-order valence-electron chi connectivity index (χ1n) is 9.81. The molecule has 1 aromatic carbocycles. The van der Waals surface area contributed by atoms with E-state index in [2.05, 4.69) is 50.5 Å². The van der Waals surface area contributed by atoms with Gasteiger partial charge in [-0.1, -0.05) is 28.1 Å². The summed E-state index contributed by atoms with van der Waals surface area (Å²) in [6.07, 6.45) is 2.53. The maximum atomic E-state index is 5.45. The average molecular weight is 449 g/mol. The Bertz CT molecular complexity index is 713. The Balaban J connectivity index is 1.54. The molecule has 0 spiro atoms. The number of rotatable bonds is 8. The molecule has 2 N–H and O–H groups in total. The smallest absolute Gasteiger partial charge is 0.191 e. The number of benzene rings is 1. The fraction of sp³-hybridized carbons (Fsp3) is 0.476. The van der Waals surface area contributed by atoms with Crippen molar-refractivity contribution in [3.8, 4) is 0 Å². The Hall–Kier alpha value is -1.83. The van der Waals surface area contributed by atoms with Crippen molar-refractivity contribution in [2.24, 2.45) is 4.99 Å². The first-order chi connectivity index (χ1) is 13.7. The maximum Gasteiger partial charge on any atom is 0.191 e. The molecule has 152 valence electrons. The third kappa shape index (κ3) is 6.96. The third-order valence-corrected chi connectivity index (χ3v) is 5.34. The summed E-state index contributed by atoms with van der Waals surface area (Å²) < 4.78 is 11.9. The summed E-state index contributed by atoms with van der Waals surface area (Å²) in [6.45, 7) is 8.09. The van der Waals surface area contributed by atoms with Gasteiger partial charge < -0.3 is 19.8 Å². The number of hydrogen-bond donors (Lipinski definition) is 2. The van der Waals surface area contributed by atoms with E-state index in [1.807, 2.05) is 24.3 Å². The van der Waals surface area contributed by atoms with Gasteiger partial charge in [-0.25, -0.2) is 4.99 Å². The van der Waals surface area contributed by atoms with Crippen LogP contribution < -0.4 is 10.6 Å². The molecule has 1 unspecified atom stereocenters. The quantitative estimate of drug-likeness (QED) is 0.479. The number of morpholine rings is 1. The summed E-state index contributed by atoms with van der Waals surface area (Å²) in [5, 5.41) is 6.92. The van der Waals surface area contributed by atoms with Gasteiger partial charge in [-0.3, -0.25) is 4.90 Å². The van der Waals surface area contributed by atoms with Crippen molar-refractivity contribution in [1.29, 1.82) is 0 Å². The lowest BCUT2D eigenvalue weighted by molar-refractivity contribution is 0.0211. The summed E-state index contributed by atoms with van der Waals surface area (Å²) in [4.78, 5) is 7.21. The number of ether oxygens (including phenoxy) is 1. The molecule has 1 aliphatic heterocycles. The third-order valence-electron chi connectivity index (χ3n) is 4.81. The van der Waals surface area contributed by atoms with E-state index < -0.39 is 0 Å². The van der Waals surface area contributed by atoms with Crippen LogP contribution >= 0.6 is 15.9 Å². The van der Waals surface area contributed by atoms with E-state index in [1.54, 1.807) is 6.26 Å². The van der Waals surface area contributed by atoms with Crippen LogP contribution in [0.5, 0.6) is 0 Å². The minimum Gasteiger partial charge on any atom is -0.469 e. The van der Waals surface area contributed by atoms with Gasteiger partial charge in [0.25, 0.3) is 0 Å². The van der Waals surface area contributed by atoms with Crippen LogP contribution in [-0.4, -0.2) is 56.3 Å². The Labute approximate surface area is 175 Å². The highest BCUT2D eigenvalue weighted by molar-refractivity contribution is 9.10. The van der Waals surface area contributed by atoms with Crippen molar-refractivity contribution in [3.63, 3.8) is 0 Å². The van der Waals surface area contributed by atoms with Gasteiger partial charge in [0.15, 0.2) is 5.96 Å². The SMILES string of the molecule is CC(CNC(=NCc1ccc(Br)cc1)NCCc1ccco1)N1CCOCC1. The van der Waals surface area contributed by atoms with Gasteiger partial charge >= 0.3 is 0 Å². The Morgan fingerprint density at radius 3 is 2.68 bits per heavy atom. The molecule has 1 aromatic heterocycles. The zero-order valence-electron chi connectivity index (χ0n) is 16.4. The Kier molecular flexibility index (Phi) is 8.39.